The topological polar surface area (TPSA) is 100 Å². The molecular formula is C23H18N2O5. The third kappa shape index (κ3) is 2.38. The summed E-state index contributed by atoms with van der Waals surface area (Å²) in [5, 5.41) is 14.3. The highest BCUT2D eigenvalue weighted by molar-refractivity contribution is 6.06. The van der Waals surface area contributed by atoms with E-state index in [1.165, 1.54) is 18.3 Å². The van der Waals surface area contributed by atoms with Crippen molar-refractivity contribution >= 4 is 24.0 Å². The van der Waals surface area contributed by atoms with Crippen molar-refractivity contribution in [1.82, 2.24) is 5.01 Å². The predicted molar refractivity (Wildman–Crippen MR) is 105 cm³/mol. The van der Waals surface area contributed by atoms with Gasteiger partial charge in [0.15, 0.2) is 0 Å². The van der Waals surface area contributed by atoms with E-state index in [1.807, 2.05) is 0 Å². The monoisotopic (exact) mass is 402 g/mol. The zero-order valence-corrected chi connectivity index (χ0v) is 15.8. The summed E-state index contributed by atoms with van der Waals surface area (Å²) >= 11 is 0. The molecule has 2 heterocycles. The molecular weight excluding hydrogens is 384 g/mol. The summed E-state index contributed by atoms with van der Waals surface area (Å²) in [7, 11) is 0. The van der Waals surface area contributed by atoms with Gasteiger partial charge in [-0.15, -0.1) is 0 Å². The van der Waals surface area contributed by atoms with Gasteiger partial charge in [0.05, 0.1) is 23.6 Å². The van der Waals surface area contributed by atoms with Crippen LogP contribution in [-0.2, 0) is 9.59 Å². The maximum Gasteiger partial charge on any atom is 0.335 e. The first-order chi connectivity index (χ1) is 14.5. The number of hydrazone groups is 1. The number of nitrogens with zero attached hydrogens (tertiary/aromatic N) is 2. The molecule has 2 amide bonds. The predicted octanol–water partition coefficient (Wildman–Crippen LogP) is 3.03. The zero-order chi connectivity index (χ0) is 20.6. The van der Waals surface area contributed by atoms with Gasteiger partial charge in [-0.3, -0.25) is 9.59 Å². The number of benzene rings is 1. The quantitative estimate of drug-likeness (QED) is 0.481. The Bertz CT molecular complexity index is 1130. The van der Waals surface area contributed by atoms with Crippen molar-refractivity contribution in [2.24, 2.45) is 40.6 Å². The van der Waals surface area contributed by atoms with E-state index >= 15 is 0 Å². The number of imide groups is 1. The van der Waals surface area contributed by atoms with Crippen LogP contribution in [0.15, 0.2) is 58.1 Å². The first-order valence-corrected chi connectivity index (χ1v) is 10.1. The lowest BCUT2D eigenvalue weighted by atomic mass is 9.63. The van der Waals surface area contributed by atoms with Crippen molar-refractivity contribution in [3.05, 3.63) is 59.9 Å². The average Bonchev–Trinajstić information content (AvgIpc) is 3.39. The highest BCUT2D eigenvalue weighted by atomic mass is 16.4. The van der Waals surface area contributed by atoms with Gasteiger partial charge in [-0.2, -0.15) is 10.1 Å². The second kappa shape index (κ2) is 6.01. The van der Waals surface area contributed by atoms with Gasteiger partial charge >= 0.3 is 5.97 Å². The maximum atomic E-state index is 12.9. The SMILES string of the molecule is O=C(O)c1cccc(-c2ccc(/C=N\N3C(=O)[C@@H]4[C@H]5C=C[C@@H]([C@@H]6C[C@@H]56)[C@H]4C3=O)o2)c1. The molecule has 2 aromatic rings. The number of allylic oxidation sites excluding steroid dienone is 2. The van der Waals surface area contributed by atoms with Crippen LogP contribution in [0.4, 0.5) is 0 Å². The highest BCUT2D eigenvalue weighted by Crippen LogP contribution is 2.65. The third-order valence-electron chi connectivity index (χ3n) is 6.96. The molecule has 5 aliphatic rings. The van der Waals surface area contributed by atoms with Crippen LogP contribution in [-0.4, -0.2) is 34.1 Å². The Morgan fingerprint density at radius 2 is 1.77 bits per heavy atom. The van der Waals surface area contributed by atoms with Gasteiger partial charge in [0.2, 0.25) is 0 Å². The van der Waals surface area contributed by atoms with Crippen LogP contribution in [0.2, 0.25) is 0 Å². The summed E-state index contributed by atoms with van der Waals surface area (Å²) in [5.74, 6) is 0.292. The standard InChI is InChI=1S/C23H18N2O5/c26-21-19-14-5-6-15(17-9-16(14)17)20(19)22(27)25(21)24-10-13-4-7-18(30-13)11-2-1-3-12(8-11)23(28)29/h1-8,10,14-17,19-20H,9H2,(H,28,29)/b24-10-/t14-,15-,16-,17-,19+,20+/m0/s1. The second-order valence-electron chi connectivity index (χ2n) is 8.48. The Balaban J connectivity index is 1.24. The van der Waals surface area contributed by atoms with E-state index in [0.717, 1.165) is 11.4 Å². The number of hydrogen-bond donors (Lipinski definition) is 1. The summed E-state index contributed by atoms with van der Waals surface area (Å²) in [4.78, 5) is 37.0. The zero-order valence-electron chi connectivity index (χ0n) is 15.8. The highest BCUT2D eigenvalue weighted by Gasteiger charge is 2.67. The van der Waals surface area contributed by atoms with Crippen LogP contribution in [0, 0.1) is 35.5 Å². The fourth-order valence-electron chi connectivity index (χ4n) is 5.55. The number of hydrogen-bond acceptors (Lipinski definition) is 5. The van der Waals surface area contributed by atoms with Crippen molar-refractivity contribution in [3.8, 4) is 11.3 Å². The summed E-state index contributed by atoms with van der Waals surface area (Å²) in [6.45, 7) is 0. The van der Waals surface area contributed by atoms with E-state index in [-0.39, 0.29) is 41.0 Å². The number of aromatic carboxylic acids is 1. The van der Waals surface area contributed by atoms with Gasteiger partial charge < -0.3 is 9.52 Å². The van der Waals surface area contributed by atoms with Crippen LogP contribution in [0.5, 0.6) is 0 Å². The average molecular weight is 402 g/mol. The normalized spacial score (nSPS) is 33.3. The molecule has 1 aliphatic heterocycles. The molecule has 150 valence electrons. The number of furan rings is 1. The van der Waals surface area contributed by atoms with Crippen LogP contribution < -0.4 is 0 Å². The van der Waals surface area contributed by atoms with E-state index in [2.05, 4.69) is 17.3 Å². The summed E-state index contributed by atoms with van der Waals surface area (Å²) < 4.78 is 5.73. The fourth-order valence-corrected chi connectivity index (χ4v) is 5.55. The molecule has 0 spiro atoms. The van der Waals surface area contributed by atoms with Crippen LogP contribution >= 0.6 is 0 Å². The van der Waals surface area contributed by atoms with Crippen molar-refractivity contribution in [2.45, 2.75) is 6.42 Å². The van der Waals surface area contributed by atoms with Gasteiger partial charge in [-0.1, -0.05) is 24.3 Å². The maximum absolute atomic E-state index is 12.9. The Labute approximate surface area is 171 Å². The Morgan fingerprint density at radius 1 is 1.07 bits per heavy atom. The number of carbonyl (C=O) groups excluding carboxylic acids is 2. The molecule has 6 atom stereocenters. The molecule has 1 aromatic heterocycles. The van der Waals surface area contributed by atoms with E-state index in [1.54, 1.807) is 24.3 Å². The molecule has 7 heteroatoms. The second-order valence-corrected chi connectivity index (χ2v) is 8.48. The van der Waals surface area contributed by atoms with E-state index in [9.17, 15) is 14.4 Å². The Hall–Kier alpha value is -3.48. The smallest absolute Gasteiger partial charge is 0.335 e. The summed E-state index contributed by atoms with van der Waals surface area (Å²) in [6, 6.07) is 9.80. The van der Waals surface area contributed by atoms with E-state index < -0.39 is 5.97 Å². The van der Waals surface area contributed by atoms with E-state index in [4.69, 9.17) is 9.52 Å². The minimum absolute atomic E-state index is 0.163. The van der Waals surface area contributed by atoms with Gasteiger partial charge in [0.25, 0.3) is 11.8 Å². The first kappa shape index (κ1) is 17.4. The van der Waals surface area contributed by atoms with E-state index in [0.29, 0.717) is 28.9 Å². The number of rotatable bonds is 4. The lowest BCUT2D eigenvalue weighted by molar-refractivity contribution is -0.140. The van der Waals surface area contributed by atoms with Crippen molar-refractivity contribution < 1.29 is 23.9 Å². The van der Waals surface area contributed by atoms with Crippen LogP contribution in [0.3, 0.4) is 0 Å². The van der Waals surface area contributed by atoms with Crippen LogP contribution in [0.1, 0.15) is 22.5 Å². The molecule has 1 N–H and O–H groups in total. The molecule has 0 unspecified atom stereocenters. The molecule has 3 fully saturated rings. The minimum atomic E-state index is -1.01. The number of amides is 2. The molecule has 4 aliphatic carbocycles. The first-order valence-electron chi connectivity index (χ1n) is 10.1. The fraction of sp³-hybridized carbons (Fsp3) is 0.304. The van der Waals surface area contributed by atoms with Gasteiger partial charge in [-0.25, -0.2) is 4.79 Å². The molecule has 7 nitrogen and oxygen atoms in total. The van der Waals surface area contributed by atoms with Gasteiger partial charge in [0, 0.05) is 5.56 Å². The molecule has 0 radical (unpaired) electrons. The minimum Gasteiger partial charge on any atom is -0.478 e. The molecule has 2 bridgehead atoms. The van der Waals surface area contributed by atoms with Gasteiger partial charge in [0.1, 0.15) is 11.5 Å². The van der Waals surface area contributed by atoms with Crippen molar-refractivity contribution in [2.75, 3.05) is 0 Å². The molecule has 1 saturated heterocycles. The Morgan fingerprint density at radius 3 is 2.43 bits per heavy atom. The lowest BCUT2D eigenvalue weighted by Crippen LogP contribution is -2.40. The van der Waals surface area contributed by atoms with Gasteiger partial charge in [-0.05, 0) is 54.4 Å². The summed E-state index contributed by atoms with van der Waals surface area (Å²) in [6.07, 6.45) is 6.75. The number of carboxylic acids is 1. The largest absolute Gasteiger partial charge is 0.478 e. The Kier molecular flexibility index (Phi) is 3.48. The van der Waals surface area contributed by atoms with Crippen molar-refractivity contribution in [3.63, 3.8) is 0 Å². The van der Waals surface area contributed by atoms with Crippen molar-refractivity contribution in [1.29, 1.82) is 0 Å². The molecule has 2 saturated carbocycles. The summed E-state index contributed by atoms with van der Waals surface area (Å²) in [5.41, 5.74) is 0.784. The lowest BCUT2D eigenvalue weighted by Gasteiger charge is -2.37. The molecule has 1 aromatic carbocycles. The number of carbonyl (C=O) groups is 3. The third-order valence-corrected chi connectivity index (χ3v) is 6.96. The number of carboxylic acid groups (broad SMARTS) is 1. The molecule has 30 heavy (non-hydrogen) atoms. The van der Waals surface area contributed by atoms with Crippen LogP contribution in [0.25, 0.3) is 11.3 Å². The molecule has 7 rings (SSSR count).